The van der Waals surface area contributed by atoms with Crippen molar-refractivity contribution in [3.63, 3.8) is 0 Å². The Hall–Kier alpha value is -3.81. The number of hydrogen-bond acceptors (Lipinski definition) is 8. The number of hydrogen-bond donors (Lipinski definition) is 3. The van der Waals surface area contributed by atoms with Gasteiger partial charge in [-0.25, -0.2) is 4.79 Å². The van der Waals surface area contributed by atoms with Gasteiger partial charge in [-0.05, 0) is 42.7 Å². The van der Waals surface area contributed by atoms with Crippen LogP contribution in [0.5, 0.6) is 11.5 Å². The first kappa shape index (κ1) is 33.2. The maximum absolute atomic E-state index is 11.8. The number of carbonyl (C=O) groups excluding carboxylic acids is 3. The number of rotatable bonds is 2. The molecule has 0 atom stereocenters. The Bertz CT molecular complexity index is 981. The minimum atomic E-state index is -5.09. The van der Waals surface area contributed by atoms with Crippen LogP contribution in [0.3, 0.4) is 0 Å². The van der Waals surface area contributed by atoms with E-state index in [1.165, 1.54) is 37.1 Å². The number of carbonyl (C=O) groups is 3. The predicted octanol–water partition coefficient (Wildman–Crippen LogP) is 4.48. The number of aromatic hydroxyl groups is 2. The molecule has 3 rings (SSSR count). The first-order chi connectivity index (χ1) is 17.0. The maximum Gasteiger partial charge on any atom is 0.491 e. The first-order valence-corrected chi connectivity index (χ1v) is 10.3. The Balaban J connectivity index is 0.000000495. The minimum absolute atomic E-state index is 0.146. The van der Waals surface area contributed by atoms with Crippen LogP contribution >= 0.6 is 0 Å². The van der Waals surface area contributed by atoms with Crippen LogP contribution in [0.1, 0.15) is 25.3 Å². The van der Waals surface area contributed by atoms with E-state index in [0.29, 0.717) is 12.6 Å². The number of alkyl halides is 6. The number of benzene rings is 2. The summed E-state index contributed by atoms with van der Waals surface area (Å²) in [6, 6.07) is 11.7. The van der Waals surface area contributed by atoms with Gasteiger partial charge in [0.2, 0.25) is 5.78 Å². The van der Waals surface area contributed by atoms with Crippen LogP contribution in [0.25, 0.3) is 0 Å². The lowest BCUT2D eigenvalue weighted by Gasteiger charge is -2.04. The zero-order chi connectivity index (χ0) is 28.6. The standard InChI is InChI=1S/C9H7F3O2.C6H7NO.C4H3F3O3.C4H8O/c10-9(11,12)8(14)5-6-2-1-3-7(13)4-6;7-5-2-1-3-6(8)4-5;1-2(8)10-3(9)4(5,6)7;1-2-4-5-3-1/h1-4,13H,5H2;1-4,8H,7H2;1H3;1-4H2. The monoisotopic (exact) mass is 541 g/mol. The van der Waals surface area contributed by atoms with E-state index in [1.54, 1.807) is 18.2 Å². The highest BCUT2D eigenvalue weighted by Crippen LogP contribution is 2.20. The van der Waals surface area contributed by atoms with Crippen LogP contribution in [-0.2, 0) is 30.3 Å². The van der Waals surface area contributed by atoms with E-state index in [2.05, 4.69) is 4.74 Å². The highest BCUT2D eigenvalue weighted by Gasteiger charge is 2.41. The van der Waals surface area contributed by atoms with Crippen molar-refractivity contribution in [1.29, 1.82) is 0 Å². The fourth-order valence-corrected chi connectivity index (χ4v) is 2.18. The maximum atomic E-state index is 11.8. The van der Waals surface area contributed by atoms with Gasteiger partial charge < -0.3 is 25.4 Å². The van der Waals surface area contributed by atoms with Crippen LogP contribution in [-0.4, -0.2) is 53.5 Å². The first-order valence-electron chi connectivity index (χ1n) is 10.3. The van der Waals surface area contributed by atoms with E-state index in [1.807, 2.05) is 0 Å². The fourth-order valence-electron chi connectivity index (χ4n) is 2.18. The number of esters is 2. The average molecular weight is 541 g/mol. The van der Waals surface area contributed by atoms with Crippen LogP contribution in [0.2, 0.25) is 0 Å². The summed E-state index contributed by atoms with van der Waals surface area (Å²) in [4.78, 5) is 30.0. The molecule has 2 aromatic rings. The smallest absolute Gasteiger partial charge is 0.491 e. The van der Waals surface area contributed by atoms with Crippen molar-refractivity contribution in [2.75, 3.05) is 18.9 Å². The molecule has 1 saturated heterocycles. The lowest BCUT2D eigenvalue weighted by molar-refractivity contribution is -0.201. The van der Waals surface area contributed by atoms with Crippen molar-refractivity contribution in [2.24, 2.45) is 0 Å². The molecule has 37 heavy (non-hydrogen) atoms. The second kappa shape index (κ2) is 16.0. The SMILES string of the molecule is C1CCOC1.CC(=O)OC(=O)C(F)(F)F.Nc1cccc(O)c1.O=C(Cc1cccc(O)c1)C(F)(F)F. The molecule has 0 aliphatic carbocycles. The molecule has 0 radical (unpaired) electrons. The molecule has 1 fully saturated rings. The largest absolute Gasteiger partial charge is 0.508 e. The van der Waals surface area contributed by atoms with Crippen LogP contribution in [0, 0.1) is 0 Å². The number of nitrogens with two attached hydrogens (primary N) is 1. The molecule has 14 heteroatoms. The van der Waals surface area contributed by atoms with Gasteiger partial charge in [-0.3, -0.25) is 9.59 Å². The third kappa shape index (κ3) is 17.3. The molecule has 1 aliphatic rings. The third-order valence-corrected chi connectivity index (χ3v) is 3.76. The number of nitrogen functional groups attached to an aromatic ring is 1. The highest BCUT2D eigenvalue weighted by atomic mass is 19.4. The van der Waals surface area contributed by atoms with Crippen molar-refractivity contribution < 1.29 is 60.4 Å². The van der Waals surface area contributed by atoms with E-state index >= 15 is 0 Å². The third-order valence-electron chi connectivity index (χ3n) is 3.76. The van der Waals surface area contributed by atoms with Crippen molar-refractivity contribution >= 4 is 23.4 Å². The summed E-state index contributed by atoms with van der Waals surface area (Å²) in [5.74, 6) is -5.52. The molecule has 0 saturated carbocycles. The lowest BCUT2D eigenvalue weighted by Crippen LogP contribution is -2.26. The molecule has 0 unspecified atom stereocenters. The number of anilines is 1. The summed E-state index contributed by atoms with van der Waals surface area (Å²) in [5, 5.41) is 17.7. The van der Waals surface area contributed by atoms with Gasteiger partial charge in [0.25, 0.3) is 0 Å². The number of phenolic OH excluding ortho intramolecular Hbond substituents is 2. The van der Waals surface area contributed by atoms with Gasteiger partial charge in [-0.2, -0.15) is 26.3 Å². The van der Waals surface area contributed by atoms with Crippen molar-refractivity contribution in [2.45, 2.75) is 38.5 Å². The van der Waals surface area contributed by atoms with E-state index in [9.17, 15) is 40.7 Å². The Kier molecular flexibility index (Phi) is 14.4. The summed E-state index contributed by atoms with van der Waals surface area (Å²) in [5.41, 5.74) is 6.03. The molecule has 0 bridgehead atoms. The van der Waals surface area contributed by atoms with Crippen LogP contribution < -0.4 is 5.73 Å². The average Bonchev–Trinajstić information content (AvgIpc) is 3.33. The Morgan fingerprint density at radius 2 is 1.41 bits per heavy atom. The molecule has 0 amide bonds. The van der Waals surface area contributed by atoms with Gasteiger partial charge >= 0.3 is 24.3 Å². The number of phenols is 2. The summed E-state index contributed by atoms with van der Waals surface area (Å²) in [7, 11) is 0. The highest BCUT2D eigenvalue weighted by molar-refractivity contribution is 5.87. The quantitative estimate of drug-likeness (QED) is 0.219. The summed E-state index contributed by atoms with van der Waals surface area (Å²) in [6.45, 7) is 2.71. The zero-order valence-electron chi connectivity index (χ0n) is 19.4. The summed E-state index contributed by atoms with van der Waals surface area (Å²) >= 11 is 0. The molecule has 4 N–H and O–H groups in total. The van der Waals surface area contributed by atoms with E-state index < -0.39 is 36.5 Å². The molecular formula is C23H25F6NO7. The van der Waals surface area contributed by atoms with E-state index in [-0.39, 0.29) is 17.1 Å². The molecule has 1 heterocycles. The predicted molar refractivity (Wildman–Crippen MR) is 118 cm³/mol. The molecule has 1 aliphatic heterocycles. The normalized spacial score (nSPS) is 12.4. The summed E-state index contributed by atoms with van der Waals surface area (Å²) < 4.78 is 77.2. The number of halogens is 6. The number of ether oxygens (including phenoxy) is 2. The van der Waals surface area contributed by atoms with E-state index in [4.69, 9.17) is 20.7 Å². The van der Waals surface area contributed by atoms with Crippen molar-refractivity contribution in [3.05, 3.63) is 54.1 Å². The number of ketones is 1. The van der Waals surface area contributed by atoms with Crippen molar-refractivity contribution in [3.8, 4) is 11.5 Å². The van der Waals surface area contributed by atoms with Crippen molar-refractivity contribution in [1.82, 2.24) is 0 Å². The Labute approximate surface area is 207 Å². The van der Waals surface area contributed by atoms with Crippen LogP contribution in [0.4, 0.5) is 32.0 Å². The number of Topliss-reactive ketones (excluding diaryl/α,β-unsaturated/α-hetero) is 1. The van der Waals surface area contributed by atoms with Gasteiger partial charge in [0.05, 0.1) is 0 Å². The molecule has 0 aromatic heterocycles. The Morgan fingerprint density at radius 1 is 0.892 bits per heavy atom. The molecule has 206 valence electrons. The Morgan fingerprint density at radius 3 is 1.70 bits per heavy atom. The second-order valence-corrected chi connectivity index (χ2v) is 7.06. The zero-order valence-corrected chi connectivity index (χ0v) is 19.4. The lowest BCUT2D eigenvalue weighted by atomic mass is 10.1. The molecule has 2 aromatic carbocycles. The van der Waals surface area contributed by atoms with Gasteiger partial charge in [0, 0.05) is 38.3 Å². The fraction of sp³-hybridized carbons (Fsp3) is 0.348. The van der Waals surface area contributed by atoms with E-state index in [0.717, 1.165) is 19.3 Å². The molecular weight excluding hydrogens is 516 g/mol. The second-order valence-electron chi connectivity index (χ2n) is 7.06. The minimum Gasteiger partial charge on any atom is -0.508 e. The van der Waals surface area contributed by atoms with Gasteiger partial charge in [-0.1, -0.05) is 18.2 Å². The summed E-state index contributed by atoms with van der Waals surface area (Å²) in [6.07, 6.45) is -8.09. The van der Waals surface area contributed by atoms with Gasteiger partial charge in [-0.15, -0.1) is 0 Å². The van der Waals surface area contributed by atoms with Crippen LogP contribution in [0.15, 0.2) is 48.5 Å². The molecule has 0 spiro atoms. The topological polar surface area (TPSA) is 136 Å². The van der Waals surface area contributed by atoms with Gasteiger partial charge in [0.15, 0.2) is 0 Å². The van der Waals surface area contributed by atoms with Gasteiger partial charge in [0.1, 0.15) is 11.5 Å². The molecule has 8 nitrogen and oxygen atoms in total.